The van der Waals surface area contributed by atoms with E-state index in [0.29, 0.717) is 0 Å². The normalized spacial score (nSPS) is 9.55. The van der Waals surface area contributed by atoms with Crippen molar-refractivity contribution in [1.82, 2.24) is 10.6 Å². The van der Waals surface area contributed by atoms with Crippen LogP contribution in [0.15, 0.2) is 65.8 Å². The zero-order chi connectivity index (χ0) is 25.5. The molecule has 0 spiro atoms. The van der Waals surface area contributed by atoms with Gasteiger partial charge in [-0.3, -0.25) is 4.99 Å². The van der Waals surface area contributed by atoms with Gasteiger partial charge in [-0.2, -0.15) is 0 Å². The monoisotopic (exact) mass is 475 g/mol. The van der Waals surface area contributed by atoms with E-state index in [1.165, 1.54) is 5.56 Å². The third-order valence-electron chi connectivity index (χ3n) is 3.90. The van der Waals surface area contributed by atoms with Crippen LogP contribution in [0.25, 0.3) is 0 Å². The van der Waals surface area contributed by atoms with Crippen molar-refractivity contribution in [3.8, 4) is 11.5 Å². The molecule has 0 aliphatic rings. The van der Waals surface area contributed by atoms with E-state index >= 15 is 0 Å². The highest BCUT2D eigenvalue weighted by molar-refractivity contribution is 8.13. The van der Waals surface area contributed by atoms with Gasteiger partial charge in [0.15, 0.2) is 5.17 Å². The Morgan fingerprint density at radius 3 is 2.12 bits per heavy atom. The molecule has 0 saturated heterocycles. The first kappa shape index (κ1) is 32.1. The average molecular weight is 476 g/mol. The Balaban J connectivity index is 0. The largest absolute Gasteiger partial charge is 0.497 e. The molecule has 0 radical (unpaired) electrons. The third-order valence-corrected chi connectivity index (χ3v) is 4.52. The highest BCUT2D eigenvalue weighted by atomic mass is 32.2. The molecule has 0 unspecified atom stereocenters. The van der Waals surface area contributed by atoms with Gasteiger partial charge in [0.1, 0.15) is 25.1 Å². The molecule has 0 heterocycles. The zero-order valence-electron chi connectivity index (χ0n) is 20.3. The predicted molar refractivity (Wildman–Crippen MR) is 141 cm³/mol. The lowest BCUT2D eigenvalue weighted by Gasteiger charge is -2.11. The van der Waals surface area contributed by atoms with E-state index in [1.54, 1.807) is 26.0 Å². The van der Waals surface area contributed by atoms with E-state index in [0.717, 1.165) is 47.4 Å². The molecule has 182 valence electrons. The van der Waals surface area contributed by atoms with Crippen molar-refractivity contribution >= 4 is 30.5 Å². The second kappa shape index (κ2) is 22.1. The Morgan fingerprint density at radius 2 is 1.61 bits per heavy atom. The number of benzene rings is 2. The summed E-state index contributed by atoms with van der Waals surface area (Å²) >= 11 is 1.59. The van der Waals surface area contributed by atoms with Crippen LogP contribution in [-0.2, 0) is 16.0 Å². The lowest BCUT2D eigenvalue weighted by Crippen LogP contribution is -2.22. The van der Waals surface area contributed by atoms with E-state index in [2.05, 4.69) is 35.2 Å². The molecule has 8 heteroatoms. The van der Waals surface area contributed by atoms with Crippen molar-refractivity contribution in [2.75, 3.05) is 40.6 Å². The van der Waals surface area contributed by atoms with Crippen molar-refractivity contribution in [3.63, 3.8) is 0 Å². The minimum Gasteiger partial charge on any atom is -0.497 e. The number of ether oxygens (including phenoxy) is 2. The van der Waals surface area contributed by atoms with Gasteiger partial charge in [0.25, 0.3) is 0 Å². The summed E-state index contributed by atoms with van der Waals surface area (Å²) in [6.45, 7) is 11.7. The van der Waals surface area contributed by atoms with Crippen LogP contribution in [0.1, 0.15) is 11.1 Å². The summed E-state index contributed by atoms with van der Waals surface area (Å²) in [6.07, 6.45) is 2.76. The molecule has 33 heavy (non-hydrogen) atoms. The Morgan fingerprint density at radius 1 is 1.00 bits per heavy atom. The number of amidine groups is 1. The second-order valence-corrected chi connectivity index (χ2v) is 7.06. The molecule has 2 aromatic rings. The minimum atomic E-state index is 0.753. The van der Waals surface area contributed by atoms with E-state index < -0.39 is 0 Å². The maximum atomic E-state index is 8.00. The van der Waals surface area contributed by atoms with E-state index in [9.17, 15) is 0 Å². The molecule has 0 fully saturated rings. The quantitative estimate of drug-likeness (QED) is 0.340. The highest BCUT2D eigenvalue weighted by Gasteiger charge is 2.02. The first-order valence-corrected chi connectivity index (χ1v) is 11.2. The SMILES string of the molecule is C=C(Cc1cccc(OC)c1)NC(=NCCNC)SC.C=O.C=O.COc1ccc(C)cc1. The van der Waals surface area contributed by atoms with Crippen LogP contribution in [0.4, 0.5) is 0 Å². The average Bonchev–Trinajstić information content (AvgIpc) is 2.87. The van der Waals surface area contributed by atoms with Crippen LogP contribution in [0.5, 0.6) is 11.5 Å². The third kappa shape index (κ3) is 16.2. The number of allylic oxidation sites excluding steroid dienone is 1. The van der Waals surface area contributed by atoms with E-state index in [1.807, 2.05) is 69.3 Å². The number of likely N-dealkylation sites (N-methyl/N-ethyl adjacent to an activating group) is 1. The molecule has 7 nitrogen and oxygen atoms in total. The Hall–Kier alpha value is -3.10. The molecule has 2 rings (SSSR count). The van der Waals surface area contributed by atoms with Crippen molar-refractivity contribution < 1.29 is 19.1 Å². The van der Waals surface area contributed by atoms with Crippen LogP contribution in [0.2, 0.25) is 0 Å². The number of thioether (sulfide) groups is 1. The van der Waals surface area contributed by atoms with Gasteiger partial charge in [0.05, 0.1) is 20.8 Å². The van der Waals surface area contributed by atoms with Gasteiger partial charge in [0, 0.05) is 18.7 Å². The van der Waals surface area contributed by atoms with Gasteiger partial charge in [-0.1, -0.05) is 48.2 Å². The van der Waals surface area contributed by atoms with Gasteiger partial charge in [-0.15, -0.1) is 0 Å². The number of hydrogen-bond acceptors (Lipinski definition) is 7. The highest BCUT2D eigenvalue weighted by Crippen LogP contribution is 2.15. The maximum absolute atomic E-state index is 8.00. The fourth-order valence-corrected chi connectivity index (χ4v) is 2.79. The summed E-state index contributed by atoms with van der Waals surface area (Å²) in [5.41, 5.74) is 3.35. The Labute approximate surface area is 202 Å². The van der Waals surface area contributed by atoms with Crippen LogP contribution >= 0.6 is 11.8 Å². The molecule has 0 aliphatic heterocycles. The summed E-state index contributed by atoms with van der Waals surface area (Å²) in [5.74, 6) is 1.78. The molecule has 0 aromatic heterocycles. The fraction of sp³-hybridized carbons (Fsp3) is 0.320. The molecular weight excluding hydrogens is 438 g/mol. The number of carbonyl (C=O) groups is 2. The van der Waals surface area contributed by atoms with Crippen molar-refractivity contribution in [2.45, 2.75) is 13.3 Å². The van der Waals surface area contributed by atoms with Crippen molar-refractivity contribution in [1.29, 1.82) is 0 Å². The molecule has 0 atom stereocenters. The van der Waals surface area contributed by atoms with Gasteiger partial charge in [0.2, 0.25) is 0 Å². The number of rotatable bonds is 8. The second-order valence-electron chi connectivity index (χ2n) is 6.27. The minimum absolute atomic E-state index is 0.753. The van der Waals surface area contributed by atoms with Crippen molar-refractivity contribution in [2.24, 2.45) is 4.99 Å². The number of nitrogens with zero attached hydrogens (tertiary/aromatic N) is 1. The number of carbonyl (C=O) groups excluding carboxylic acids is 2. The lowest BCUT2D eigenvalue weighted by molar-refractivity contribution is -0.0987. The molecule has 0 aliphatic carbocycles. The standard InChI is InChI=1S/C15H23N3OS.C8H10O.2CH2O/c1-12(18-15(20-4)17-9-8-16-2)10-13-6-5-7-14(11-13)19-3;1-7-3-5-8(9-2)6-4-7;2*1-2/h5-7,11,16H,1,8-10H2,2-4H3,(H,17,18);3-6H,1-2H3;2*1H2. The smallest absolute Gasteiger partial charge is 0.160 e. The fourth-order valence-electron chi connectivity index (χ4n) is 2.32. The summed E-state index contributed by atoms with van der Waals surface area (Å²) in [6, 6.07) is 16.0. The molecule has 0 amide bonds. The topological polar surface area (TPSA) is 89.0 Å². The van der Waals surface area contributed by atoms with Crippen LogP contribution < -0.4 is 20.1 Å². The summed E-state index contributed by atoms with van der Waals surface area (Å²) in [4.78, 5) is 20.5. The number of nitrogens with one attached hydrogen (secondary N) is 2. The van der Waals surface area contributed by atoms with Crippen LogP contribution in [0, 0.1) is 6.92 Å². The van der Waals surface area contributed by atoms with Gasteiger partial charge in [-0.25, -0.2) is 0 Å². The van der Waals surface area contributed by atoms with Crippen LogP contribution in [-0.4, -0.2) is 59.4 Å². The summed E-state index contributed by atoms with van der Waals surface area (Å²) < 4.78 is 10.2. The molecule has 2 aromatic carbocycles. The number of hydrogen-bond donors (Lipinski definition) is 2. The van der Waals surface area contributed by atoms with Gasteiger partial charge >= 0.3 is 0 Å². The molecule has 0 bridgehead atoms. The first-order valence-electron chi connectivity index (χ1n) is 10.0. The molecule has 0 saturated carbocycles. The number of aliphatic imine (C=N–C) groups is 1. The van der Waals surface area contributed by atoms with E-state index in [4.69, 9.17) is 19.1 Å². The summed E-state index contributed by atoms with van der Waals surface area (Å²) in [7, 11) is 5.26. The molecule has 2 N–H and O–H groups in total. The van der Waals surface area contributed by atoms with Crippen LogP contribution in [0.3, 0.4) is 0 Å². The van der Waals surface area contributed by atoms with Gasteiger partial charge in [-0.05, 0) is 50.1 Å². The first-order chi connectivity index (χ1) is 16.0. The number of methoxy groups -OCH3 is 2. The Bertz CT molecular complexity index is 796. The van der Waals surface area contributed by atoms with E-state index in [-0.39, 0.29) is 0 Å². The predicted octanol–water partition coefficient (Wildman–Crippen LogP) is 3.91. The lowest BCUT2D eigenvalue weighted by atomic mass is 10.1. The van der Waals surface area contributed by atoms with Crippen molar-refractivity contribution in [3.05, 3.63) is 71.9 Å². The Kier molecular flexibility index (Phi) is 21.5. The van der Waals surface area contributed by atoms with Gasteiger partial charge < -0.3 is 29.7 Å². The maximum Gasteiger partial charge on any atom is 0.160 e. The number of aryl methyl sites for hydroxylation is 1. The molecular formula is C25H37N3O4S. The zero-order valence-corrected chi connectivity index (χ0v) is 21.2. The summed E-state index contributed by atoms with van der Waals surface area (Å²) in [5, 5.41) is 7.23.